The zero-order valence-corrected chi connectivity index (χ0v) is 16.9. The topological polar surface area (TPSA) is 76.1 Å². The molecule has 1 saturated heterocycles. The molecular weight excluding hydrogens is 389 g/mol. The minimum atomic E-state index is -0.785. The Labute approximate surface area is 174 Å². The minimum Gasteiger partial charge on any atom is -0.507 e. The van der Waals surface area contributed by atoms with Crippen LogP contribution in [0.15, 0.2) is 54.1 Å². The van der Waals surface area contributed by atoms with Crippen molar-refractivity contribution in [2.45, 2.75) is 19.4 Å². The van der Waals surface area contributed by atoms with Crippen LogP contribution in [0.1, 0.15) is 30.5 Å². The molecule has 0 bridgehead atoms. The fraction of sp³-hybridized carbons (Fsp3) is 0.304. The van der Waals surface area contributed by atoms with E-state index in [0.717, 1.165) is 0 Å². The first kappa shape index (κ1) is 21.5. The lowest BCUT2D eigenvalue weighted by molar-refractivity contribution is -0.140. The van der Waals surface area contributed by atoms with E-state index in [1.54, 1.807) is 31.4 Å². The Balaban J connectivity index is 2.11. The summed E-state index contributed by atoms with van der Waals surface area (Å²) in [4.78, 5) is 27.1. The summed E-state index contributed by atoms with van der Waals surface area (Å²) in [7, 11) is 1.56. The Morgan fingerprint density at radius 1 is 1.17 bits per heavy atom. The summed E-state index contributed by atoms with van der Waals surface area (Å²) in [5.74, 6) is -1.68. The standard InChI is InChI=1S/C23H24FNO5/c1-3-30-18-7-4-6-16(14-18)20-19(21(26)15-8-10-17(24)11-9-15)22(27)23(28)25(20)12-5-13-29-2/h4,6-11,14,20,26H,3,5,12-13H2,1-2H3/b21-19+. The van der Waals surface area contributed by atoms with Crippen LogP contribution < -0.4 is 4.74 Å². The highest BCUT2D eigenvalue weighted by molar-refractivity contribution is 6.46. The van der Waals surface area contributed by atoms with Gasteiger partial charge in [0.25, 0.3) is 11.7 Å². The number of nitrogens with zero attached hydrogens (tertiary/aromatic N) is 1. The Hall–Kier alpha value is -3.19. The average molecular weight is 413 g/mol. The Morgan fingerprint density at radius 2 is 1.90 bits per heavy atom. The maximum absolute atomic E-state index is 13.3. The molecule has 30 heavy (non-hydrogen) atoms. The quantitative estimate of drug-likeness (QED) is 0.309. The third kappa shape index (κ3) is 4.36. The van der Waals surface area contributed by atoms with Gasteiger partial charge in [0, 0.05) is 25.8 Å². The van der Waals surface area contributed by atoms with Gasteiger partial charge in [-0.1, -0.05) is 12.1 Å². The molecule has 0 spiro atoms. The number of methoxy groups -OCH3 is 1. The molecule has 2 aromatic rings. The molecule has 0 saturated carbocycles. The van der Waals surface area contributed by atoms with Crippen LogP contribution in [0.2, 0.25) is 0 Å². The van der Waals surface area contributed by atoms with Gasteiger partial charge in [0.15, 0.2) is 0 Å². The number of hydrogen-bond donors (Lipinski definition) is 1. The number of ketones is 1. The van der Waals surface area contributed by atoms with Gasteiger partial charge in [-0.2, -0.15) is 0 Å². The van der Waals surface area contributed by atoms with Crippen LogP contribution in [0.4, 0.5) is 4.39 Å². The van der Waals surface area contributed by atoms with Crippen molar-refractivity contribution in [3.05, 3.63) is 71.0 Å². The van der Waals surface area contributed by atoms with E-state index in [1.165, 1.54) is 29.2 Å². The van der Waals surface area contributed by atoms with Crippen LogP contribution in [0.5, 0.6) is 5.75 Å². The second-order valence-electron chi connectivity index (χ2n) is 6.85. The molecule has 0 aromatic heterocycles. The highest BCUT2D eigenvalue weighted by Crippen LogP contribution is 2.40. The zero-order chi connectivity index (χ0) is 21.7. The molecule has 1 amide bonds. The summed E-state index contributed by atoms with van der Waals surface area (Å²) in [5.41, 5.74) is 0.871. The van der Waals surface area contributed by atoms with Crippen molar-refractivity contribution in [1.82, 2.24) is 4.90 Å². The lowest BCUT2D eigenvalue weighted by Crippen LogP contribution is -2.31. The molecule has 1 N–H and O–H groups in total. The molecule has 1 aliphatic rings. The Kier molecular flexibility index (Phi) is 6.84. The van der Waals surface area contributed by atoms with Gasteiger partial charge in [0.05, 0.1) is 18.2 Å². The fourth-order valence-electron chi connectivity index (χ4n) is 3.54. The van der Waals surface area contributed by atoms with Gasteiger partial charge >= 0.3 is 0 Å². The first-order chi connectivity index (χ1) is 14.5. The van der Waals surface area contributed by atoms with Crippen molar-refractivity contribution in [2.75, 3.05) is 26.9 Å². The molecule has 2 aromatic carbocycles. The lowest BCUT2D eigenvalue weighted by atomic mass is 9.95. The van der Waals surface area contributed by atoms with Crippen LogP contribution in [0.25, 0.3) is 5.76 Å². The van der Waals surface area contributed by atoms with Crippen molar-refractivity contribution >= 4 is 17.4 Å². The highest BCUT2D eigenvalue weighted by atomic mass is 19.1. The molecule has 158 valence electrons. The van der Waals surface area contributed by atoms with E-state index in [-0.39, 0.29) is 23.4 Å². The smallest absolute Gasteiger partial charge is 0.295 e. The first-order valence-electron chi connectivity index (χ1n) is 9.74. The molecule has 1 aliphatic heterocycles. The summed E-state index contributed by atoms with van der Waals surface area (Å²) >= 11 is 0. The molecule has 0 radical (unpaired) electrons. The summed E-state index contributed by atoms with van der Waals surface area (Å²) < 4.78 is 23.9. The molecule has 1 unspecified atom stereocenters. The fourth-order valence-corrected chi connectivity index (χ4v) is 3.54. The van der Waals surface area contributed by atoms with E-state index < -0.39 is 23.5 Å². The molecule has 1 atom stereocenters. The normalized spacial score (nSPS) is 18.1. The molecule has 6 nitrogen and oxygen atoms in total. The van der Waals surface area contributed by atoms with E-state index in [2.05, 4.69) is 0 Å². The number of hydrogen-bond acceptors (Lipinski definition) is 5. The number of likely N-dealkylation sites (tertiary alicyclic amines) is 1. The minimum absolute atomic E-state index is 0.0299. The molecular formula is C23H24FNO5. The second-order valence-corrected chi connectivity index (χ2v) is 6.85. The van der Waals surface area contributed by atoms with Gasteiger partial charge < -0.3 is 19.5 Å². The van der Waals surface area contributed by atoms with E-state index in [4.69, 9.17) is 9.47 Å². The van der Waals surface area contributed by atoms with Gasteiger partial charge in [-0.25, -0.2) is 4.39 Å². The maximum atomic E-state index is 13.3. The van der Waals surface area contributed by atoms with E-state index in [9.17, 15) is 19.1 Å². The van der Waals surface area contributed by atoms with Gasteiger partial charge in [-0.15, -0.1) is 0 Å². The Morgan fingerprint density at radius 3 is 2.57 bits per heavy atom. The van der Waals surface area contributed by atoms with Crippen LogP contribution in [-0.4, -0.2) is 48.6 Å². The highest BCUT2D eigenvalue weighted by Gasteiger charge is 2.45. The molecule has 1 fully saturated rings. The molecule has 0 aliphatic carbocycles. The zero-order valence-electron chi connectivity index (χ0n) is 16.9. The lowest BCUT2D eigenvalue weighted by Gasteiger charge is -2.25. The third-order valence-electron chi connectivity index (χ3n) is 4.89. The number of aliphatic hydroxyl groups excluding tert-OH is 1. The average Bonchev–Trinajstić information content (AvgIpc) is 2.99. The number of halogens is 1. The van der Waals surface area contributed by atoms with Crippen LogP contribution in [0.3, 0.4) is 0 Å². The van der Waals surface area contributed by atoms with Crippen molar-refractivity contribution in [3.63, 3.8) is 0 Å². The van der Waals surface area contributed by atoms with Crippen LogP contribution in [0, 0.1) is 5.82 Å². The summed E-state index contributed by atoms with van der Waals surface area (Å²) in [6.07, 6.45) is 0.530. The number of Topliss-reactive ketones (excluding diaryl/α,β-unsaturated/α-hetero) is 1. The SMILES string of the molecule is CCOc1cccc(C2/C(=C(\O)c3ccc(F)cc3)C(=O)C(=O)N2CCCOC)c1. The van der Waals surface area contributed by atoms with Crippen molar-refractivity contribution in [2.24, 2.45) is 0 Å². The van der Waals surface area contributed by atoms with Crippen molar-refractivity contribution < 1.29 is 28.6 Å². The second kappa shape index (κ2) is 9.54. The summed E-state index contributed by atoms with van der Waals surface area (Å²) in [6.45, 7) is 3.03. The largest absolute Gasteiger partial charge is 0.507 e. The summed E-state index contributed by atoms with van der Waals surface area (Å²) in [5, 5.41) is 10.9. The molecule has 1 heterocycles. The monoisotopic (exact) mass is 413 g/mol. The number of aliphatic hydroxyl groups is 1. The van der Waals surface area contributed by atoms with Gasteiger partial charge in [0.1, 0.15) is 17.3 Å². The van der Waals surface area contributed by atoms with E-state index >= 15 is 0 Å². The maximum Gasteiger partial charge on any atom is 0.295 e. The van der Waals surface area contributed by atoms with Crippen LogP contribution in [-0.2, 0) is 14.3 Å². The number of rotatable bonds is 8. The number of ether oxygens (including phenoxy) is 2. The van der Waals surface area contributed by atoms with Crippen LogP contribution >= 0.6 is 0 Å². The number of benzene rings is 2. The molecule has 7 heteroatoms. The third-order valence-corrected chi connectivity index (χ3v) is 4.89. The van der Waals surface area contributed by atoms with Gasteiger partial charge in [-0.3, -0.25) is 9.59 Å². The predicted molar refractivity (Wildman–Crippen MR) is 110 cm³/mol. The van der Waals surface area contributed by atoms with E-state index in [1.807, 2.05) is 6.92 Å². The summed E-state index contributed by atoms with van der Waals surface area (Å²) in [6, 6.07) is 11.4. The Bertz CT molecular complexity index is 954. The first-order valence-corrected chi connectivity index (χ1v) is 9.74. The van der Waals surface area contributed by atoms with Crippen molar-refractivity contribution in [1.29, 1.82) is 0 Å². The number of carbonyl (C=O) groups is 2. The van der Waals surface area contributed by atoms with Gasteiger partial charge in [0.2, 0.25) is 0 Å². The van der Waals surface area contributed by atoms with Crippen molar-refractivity contribution in [3.8, 4) is 5.75 Å². The van der Waals surface area contributed by atoms with E-state index in [0.29, 0.717) is 30.9 Å². The molecule has 3 rings (SSSR count). The number of carbonyl (C=O) groups excluding carboxylic acids is 2. The predicted octanol–water partition coefficient (Wildman–Crippen LogP) is 3.68. The number of amides is 1. The van der Waals surface area contributed by atoms with Gasteiger partial charge in [-0.05, 0) is 55.3 Å².